The number of hydrogen-bond acceptors (Lipinski definition) is 4. The van der Waals surface area contributed by atoms with Gasteiger partial charge < -0.3 is 5.32 Å². The quantitative estimate of drug-likeness (QED) is 0.821. The molecule has 3 rings (SSSR count). The maximum Gasteiger partial charge on any atom is 0.258 e. The first kappa shape index (κ1) is 19.6. The molecule has 146 valence electrons. The second-order valence-corrected chi connectivity index (χ2v) is 8.87. The Bertz CT molecular complexity index is 884. The molecule has 1 aromatic heterocycles. The molecule has 0 aliphatic heterocycles. The SMILES string of the molecule is CCn1cc(C(=O)Nc2ccc(S(=O)(=O)N(C)C3CCCCC3)cc2)cn1. The number of aromatic nitrogens is 2. The van der Waals surface area contributed by atoms with Gasteiger partial charge in [0.25, 0.3) is 5.91 Å². The summed E-state index contributed by atoms with van der Waals surface area (Å²) in [6, 6.07) is 6.38. The van der Waals surface area contributed by atoms with Gasteiger partial charge in [0.05, 0.1) is 16.7 Å². The highest BCUT2D eigenvalue weighted by atomic mass is 32.2. The van der Waals surface area contributed by atoms with E-state index in [-0.39, 0.29) is 16.8 Å². The average Bonchev–Trinajstić information content (AvgIpc) is 3.18. The Hall–Kier alpha value is -2.19. The summed E-state index contributed by atoms with van der Waals surface area (Å²) in [5.41, 5.74) is 1.01. The molecule has 0 atom stereocenters. The highest BCUT2D eigenvalue weighted by Crippen LogP contribution is 2.27. The van der Waals surface area contributed by atoms with E-state index in [0.29, 0.717) is 17.8 Å². The average molecular weight is 391 g/mol. The summed E-state index contributed by atoms with van der Waals surface area (Å²) in [5.74, 6) is -0.273. The maximum absolute atomic E-state index is 12.8. The second-order valence-electron chi connectivity index (χ2n) is 6.88. The standard InChI is InChI=1S/C19H26N4O3S/c1-3-23-14-15(13-20-23)19(24)21-16-9-11-18(12-10-16)27(25,26)22(2)17-7-5-4-6-8-17/h9-14,17H,3-8H2,1-2H3,(H,21,24). The first-order valence-corrected chi connectivity index (χ1v) is 10.8. The molecule has 1 aliphatic rings. The van der Waals surface area contributed by atoms with Gasteiger partial charge in [0, 0.05) is 31.5 Å². The van der Waals surface area contributed by atoms with E-state index >= 15 is 0 Å². The van der Waals surface area contributed by atoms with Gasteiger partial charge in [-0.05, 0) is 44.0 Å². The first-order chi connectivity index (χ1) is 12.9. The Kier molecular flexibility index (Phi) is 5.96. The molecule has 1 N–H and O–H groups in total. The molecule has 1 fully saturated rings. The van der Waals surface area contributed by atoms with Crippen molar-refractivity contribution in [3.63, 3.8) is 0 Å². The number of rotatable bonds is 6. The van der Waals surface area contributed by atoms with Gasteiger partial charge in [-0.25, -0.2) is 8.42 Å². The predicted molar refractivity (Wildman–Crippen MR) is 104 cm³/mol. The lowest BCUT2D eigenvalue weighted by Crippen LogP contribution is -2.38. The minimum Gasteiger partial charge on any atom is -0.322 e. The summed E-state index contributed by atoms with van der Waals surface area (Å²) in [6.07, 6.45) is 8.33. The molecule has 0 saturated heterocycles. The molecule has 1 heterocycles. The molecule has 0 radical (unpaired) electrons. The zero-order valence-electron chi connectivity index (χ0n) is 15.8. The van der Waals surface area contributed by atoms with E-state index in [9.17, 15) is 13.2 Å². The van der Waals surface area contributed by atoms with Gasteiger partial charge in [-0.3, -0.25) is 9.48 Å². The number of aryl methyl sites for hydroxylation is 1. The molecule has 2 aromatic rings. The third-order valence-electron chi connectivity index (χ3n) is 5.10. The number of anilines is 1. The lowest BCUT2D eigenvalue weighted by atomic mass is 9.96. The maximum atomic E-state index is 12.8. The number of nitrogens with zero attached hydrogens (tertiary/aromatic N) is 3. The van der Waals surface area contributed by atoms with Crippen molar-refractivity contribution in [3.8, 4) is 0 Å². The summed E-state index contributed by atoms with van der Waals surface area (Å²) >= 11 is 0. The van der Waals surface area contributed by atoms with Crippen molar-refractivity contribution in [1.82, 2.24) is 14.1 Å². The highest BCUT2D eigenvalue weighted by Gasteiger charge is 2.28. The molecule has 0 spiro atoms. The molecule has 7 nitrogen and oxygen atoms in total. The van der Waals surface area contributed by atoms with Crippen LogP contribution < -0.4 is 5.32 Å². The van der Waals surface area contributed by atoms with Gasteiger partial charge in [0.2, 0.25) is 10.0 Å². The van der Waals surface area contributed by atoms with Crippen LogP contribution in [0.3, 0.4) is 0 Å². The van der Waals surface area contributed by atoms with Crippen molar-refractivity contribution in [2.45, 2.75) is 56.5 Å². The van der Waals surface area contributed by atoms with E-state index in [1.54, 1.807) is 42.2 Å². The number of benzene rings is 1. The summed E-state index contributed by atoms with van der Waals surface area (Å²) < 4.78 is 28.9. The molecule has 1 aliphatic carbocycles. The lowest BCUT2D eigenvalue weighted by molar-refractivity contribution is 0.102. The Labute approximate surface area is 160 Å². The zero-order valence-corrected chi connectivity index (χ0v) is 16.6. The number of carbonyl (C=O) groups excluding carboxylic acids is 1. The van der Waals surface area contributed by atoms with Crippen LogP contribution in [0.25, 0.3) is 0 Å². The van der Waals surface area contributed by atoms with Crippen LogP contribution in [0.2, 0.25) is 0 Å². The Morgan fingerprint density at radius 2 is 1.89 bits per heavy atom. The molecule has 1 amide bonds. The van der Waals surface area contributed by atoms with Crippen LogP contribution in [0, 0.1) is 0 Å². The van der Waals surface area contributed by atoms with E-state index in [1.807, 2.05) is 6.92 Å². The van der Waals surface area contributed by atoms with E-state index < -0.39 is 10.0 Å². The second kappa shape index (κ2) is 8.22. The fourth-order valence-electron chi connectivity index (χ4n) is 3.37. The third-order valence-corrected chi connectivity index (χ3v) is 7.02. The Morgan fingerprint density at radius 1 is 1.22 bits per heavy atom. The van der Waals surface area contributed by atoms with Crippen molar-refractivity contribution < 1.29 is 13.2 Å². The summed E-state index contributed by atoms with van der Waals surface area (Å²) in [4.78, 5) is 12.5. The van der Waals surface area contributed by atoms with Crippen LogP contribution >= 0.6 is 0 Å². The van der Waals surface area contributed by atoms with E-state index in [0.717, 1.165) is 25.7 Å². The normalized spacial score (nSPS) is 15.8. The van der Waals surface area contributed by atoms with Gasteiger partial charge in [-0.2, -0.15) is 9.40 Å². The van der Waals surface area contributed by atoms with Crippen LogP contribution in [0.4, 0.5) is 5.69 Å². The monoisotopic (exact) mass is 390 g/mol. The summed E-state index contributed by atoms with van der Waals surface area (Å²) in [7, 11) is -1.87. The highest BCUT2D eigenvalue weighted by molar-refractivity contribution is 7.89. The number of sulfonamides is 1. The van der Waals surface area contributed by atoms with E-state index in [4.69, 9.17) is 0 Å². The van der Waals surface area contributed by atoms with Gasteiger partial charge in [-0.15, -0.1) is 0 Å². The van der Waals surface area contributed by atoms with Crippen molar-refractivity contribution in [1.29, 1.82) is 0 Å². The molecular weight excluding hydrogens is 364 g/mol. The molecule has 0 unspecified atom stereocenters. The summed E-state index contributed by atoms with van der Waals surface area (Å²) in [5, 5.41) is 6.84. The minimum atomic E-state index is -3.53. The third kappa shape index (κ3) is 4.39. The molecular formula is C19H26N4O3S. The van der Waals surface area contributed by atoms with Crippen LogP contribution in [-0.4, -0.2) is 41.5 Å². The fraction of sp³-hybridized carbons (Fsp3) is 0.474. The number of hydrogen-bond donors (Lipinski definition) is 1. The Morgan fingerprint density at radius 3 is 2.48 bits per heavy atom. The van der Waals surface area contributed by atoms with Gasteiger partial charge in [0.15, 0.2) is 0 Å². The topological polar surface area (TPSA) is 84.3 Å². The molecule has 1 aromatic carbocycles. The van der Waals surface area contributed by atoms with Crippen LogP contribution in [-0.2, 0) is 16.6 Å². The first-order valence-electron chi connectivity index (χ1n) is 9.33. The zero-order chi connectivity index (χ0) is 19.4. The Balaban J connectivity index is 1.69. The van der Waals surface area contributed by atoms with E-state index in [2.05, 4.69) is 10.4 Å². The molecule has 0 bridgehead atoms. The van der Waals surface area contributed by atoms with Crippen molar-refractivity contribution in [3.05, 3.63) is 42.2 Å². The van der Waals surface area contributed by atoms with Crippen LogP contribution in [0.15, 0.2) is 41.6 Å². The van der Waals surface area contributed by atoms with Crippen molar-refractivity contribution >= 4 is 21.6 Å². The molecule has 1 saturated carbocycles. The summed E-state index contributed by atoms with van der Waals surface area (Å²) in [6.45, 7) is 2.63. The lowest BCUT2D eigenvalue weighted by Gasteiger charge is -2.30. The van der Waals surface area contributed by atoms with E-state index in [1.165, 1.54) is 16.9 Å². The predicted octanol–water partition coefficient (Wildman–Crippen LogP) is 3.11. The number of carbonyl (C=O) groups is 1. The smallest absolute Gasteiger partial charge is 0.258 e. The van der Waals surface area contributed by atoms with Gasteiger partial charge in [-0.1, -0.05) is 19.3 Å². The molecule has 8 heteroatoms. The largest absolute Gasteiger partial charge is 0.322 e. The van der Waals surface area contributed by atoms with Crippen LogP contribution in [0.5, 0.6) is 0 Å². The van der Waals surface area contributed by atoms with Crippen molar-refractivity contribution in [2.24, 2.45) is 0 Å². The van der Waals surface area contributed by atoms with Gasteiger partial charge >= 0.3 is 0 Å². The molecule has 27 heavy (non-hydrogen) atoms. The van der Waals surface area contributed by atoms with Crippen molar-refractivity contribution in [2.75, 3.05) is 12.4 Å². The number of amides is 1. The van der Waals surface area contributed by atoms with Crippen LogP contribution in [0.1, 0.15) is 49.4 Å². The number of nitrogens with one attached hydrogen (secondary N) is 1. The fourth-order valence-corrected chi connectivity index (χ4v) is 4.79. The minimum absolute atomic E-state index is 0.0678. The van der Waals surface area contributed by atoms with Gasteiger partial charge in [0.1, 0.15) is 0 Å².